The van der Waals surface area contributed by atoms with Gasteiger partial charge in [-0.1, -0.05) is 116 Å². The first-order valence-electron chi connectivity index (χ1n) is 13.4. The van der Waals surface area contributed by atoms with Crippen LogP contribution in [0.5, 0.6) is 0 Å². The minimum Gasteiger partial charge on any atom is -0.358 e. The van der Waals surface area contributed by atoms with Crippen molar-refractivity contribution in [3.8, 4) is 0 Å². The zero-order valence-electron chi connectivity index (χ0n) is 25.7. The van der Waals surface area contributed by atoms with E-state index in [4.69, 9.17) is 0 Å². The van der Waals surface area contributed by atoms with Gasteiger partial charge in [0, 0.05) is 0 Å². The van der Waals surface area contributed by atoms with Crippen LogP contribution in [0, 0.1) is 28.7 Å². The van der Waals surface area contributed by atoms with Gasteiger partial charge in [0.15, 0.2) is 0 Å². The molecule has 4 aromatic carbocycles. The number of fused-ring (bicyclic) bond motifs is 2. The van der Waals surface area contributed by atoms with E-state index in [1.807, 2.05) is 0 Å². The predicted octanol–water partition coefficient (Wildman–Crippen LogP) is 11.2. The maximum atomic E-state index is 2.48. The Balaban J connectivity index is 0.00000228. The molecule has 1 heteroatoms. The van der Waals surface area contributed by atoms with Crippen molar-refractivity contribution in [3.05, 3.63) is 95.8 Å². The summed E-state index contributed by atoms with van der Waals surface area (Å²) in [5.41, 5.74) is 12.0. The Hall–Kier alpha value is -1.46. The molecule has 0 fully saturated rings. The van der Waals surface area contributed by atoms with Crippen LogP contribution in [0.4, 0.5) is 0 Å². The third-order valence-corrected chi connectivity index (χ3v) is 7.95. The Kier molecular flexibility index (Phi) is 11.9. The summed E-state index contributed by atoms with van der Waals surface area (Å²) in [7, 11) is 0. The van der Waals surface area contributed by atoms with Crippen LogP contribution in [0.2, 0.25) is 0 Å². The third kappa shape index (κ3) is 6.41. The van der Waals surface area contributed by atoms with Crippen LogP contribution >= 0.6 is 0 Å². The minimum absolute atomic E-state index is 0. The van der Waals surface area contributed by atoms with Crippen LogP contribution in [0.1, 0.15) is 124 Å². The molecular weight excluding hydrogens is 524 g/mol. The van der Waals surface area contributed by atoms with Crippen molar-refractivity contribution in [1.29, 1.82) is 0 Å². The van der Waals surface area contributed by atoms with Gasteiger partial charge in [0.2, 0.25) is 0 Å². The molecular formula is C36H50Zr. The van der Waals surface area contributed by atoms with Crippen molar-refractivity contribution in [2.24, 2.45) is 0 Å². The van der Waals surface area contributed by atoms with Gasteiger partial charge in [-0.3, -0.25) is 0 Å². The largest absolute Gasteiger partial charge is 4.00 e. The number of hydrogen-bond donors (Lipinski definition) is 0. The van der Waals surface area contributed by atoms with E-state index >= 15 is 0 Å². The van der Waals surface area contributed by atoms with Crippen molar-refractivity contribution in [3.63, 3.8) is 0 Å². The van der Waals surface area contributed by atoms with Gasteiger partial charge in [-0.05, 0) is 23.7 Å². The van der Waals surface area contributed by atoms with Gasteiger partial charge >= 0.3 is 26.2 Å². The van der Waals surface area contributed by atoms with Crippen LogP contribution in [0.3, 0.4) is 0 Å². The fourth-order valence-corrected chi connectivity index (χ4v) is 5.85. The monoisotopic (exact) mass is 572 g/mol. The second kappa shape index (κ2) is 13.1. The molecule has 0 aliphatic heterocycles. The summed E-state index contributed by atoms with van der Waals surface area (Å²) in [6.45, 7) is 23.3. The second-order valence-corrected chi connectivity index (χ2v) is 11.9. The third-order valence-electron chi connectivity index (χ3n) is 7.95. The first-order valence-corrected chi connectivity index (χ1v) is 13.4. The second-order valence-electron chi connectivity index (χ2n) is 11.9. The fourth-order valence-electron chi connectivity index (χ4n) is 5.85. The van der Waals surface area contributed by atoms with Crippen LogP contribution in [0.15, 0.2) is 36.4 Å². The smallest absolute Gasteiger partial charge is 0.358 e. The SMILES string of the molecule is Cc1[cH-]c2cc(C(C)C)cc(C(C)C)c2c1CCc1c(C)[cH-]c2cc(C(C)C)cc(C(C)C)c12.[CH3-].[CH3-].[Zr+4]. The van der Waals surface area contributed by atoms with Gasteiger partial charge in [0.05, 0.1) is 0 Å². The Bertz CT molecular complexity index is 1220. The summed E-state index contributed by atoms with van der Waals surface area (Å²) in [4.78, 5) is 0. The molecule has 4 rings (SSSR count). The Morgan fingerprint density at radius 3 is 1.14 bits per heavy atom. The van der Waals surface area contributed by atoms with E-state index in [0.717, 1.165) is 12.8 Å². The van der Waals surface area contributed by atoms with E-state index in [1.165, 1.54) is 54.9 Å². The molecule has 0 bridgehead atoms. The van der Waals surface area contributed by atoms with Gasteiger partial charge < -0.3 is 14.9 Å². The van der Waals surface area contributed by atoms with Crippen molar-refractivity contribution >= 4 is 21.5 Å². The van der Waals surface area contributed by atoms with Crippen molar-refractivity contribution in [2.45, 2.75) is 106 Å². The maximum Gasteiger partial charge on any atom is 4.00 e. The first-order chi connectivity index (χ1) is 16.0. The Labute approximate surface area is 248 Å². The summed E-state index contributed by atoms with van der Waals surface area (Å²) in [5, 5.41) is 5.93. The zero-order valence-corrected chi connectivity index (χ0v) is 28.1. The molecule has 0 aliphatic rings. The minimum atomic E-state index is 0. The van der Waals surface area contributed by atoms with E-state index in [2.05, 4.69) is 106 Å². The molecule has 0 unspecified atom stereocenters. The van der Waals surface area contributed by atoms with Gasteiger partial charge in [-0.2, -0.15) is 11.1 Å². The molecule has 0 saturated heterocycles. The molecule has 0 atom stereocenters. The van der Waals surface area contributed by atoms with Crippen molar-refractivity contribution in [1.82, 2.24) is 0 Å². The van der Waals surface area contributed by atoms with E-state index in [-0.39, 0.29) is 41.1 Å². The Morgan fingerprint density at radius 2 is 0.865 bits per heavy atom. The maximum absolute atomic E-state index is 2.48. The molecule has 0 N–H and O–H groups in total. The Morgan fingerprint density at radius 1 is 0.541 bits per heavy atom. The normalized spacial score (nSPS) is 11.5. The van der Waals surface area contributed by atoms with Gasteiger partial charge in [0.25, 0.3) is 0 Å². The van der Waals surface area contributed by atoms with Gasteiger partial charge in [0.1, 0.15) is 0 Å². The quantitative estimate of drug-likeness (QED) is 0.193. The van der Waals surface area contributed by atoms with Crippen molar-refractivity contribution < 1.29 is 26.2 Å². The zero-order chi connectivity index (χ0) is 24.9. The summed E-state index contributed by atoms with van der Waals surface area (Å²) in [5.74, 6) is 2.18. The van der Waals surface area contributed by atoms with Crippen LogP contribution in [-0.2, 0) is 39.0 Å². The van der Waals surface area contributed by atoms with Crippen molar-refractivity contribution in [2.75, 3.05) is 0 Å². The van der Waals surface area contributed by atoms with E-state index in [1.54, 1.807) is 11.1 Å². The topological polar surface area (TPSA) is 0 Å². The fraction of sp³-hybridized carbons (Fsp3) is 0.444. The number of hydrogen-bond acceptors (Lipinski definition) is 0. The number of aryl methyl sites for hydroxylation is 4. The standard InChI is InChI=1S/C34H44.2CH3.Zr/c1-19(2)25-15-27-13-23(9)29(33(27)31(17-25)21(5)6)11-12-30-24(10)14-28-16-26(20(3)4)18-32(22(7)8)34(28)30;;;/h13-22H,11-12H2,1-10H3;2*1H3;/q-2;2*-1;+4. The summed E-state index contributed by atoms with van der Waals surface area (Å²) in [6.07, 6.45) is 2.22. The molecule has 37 heavy (non-hydrogen) atoms. The average molecular weight is 574 g/mol. The molecule has 0 saturated carbocycles. The van der Waals surface area contributed by atoms with E-state index in [0.29, 0.717) is 23.7 Å². The molecule has 4 aromatic rings. The first kappa shape index (κ1) is 33.6. The number of rotatable bonds is 7. The molecule has 0 aliphatic carbocycles. The predicted molar refractivity (Wildman–Crippen MR) is 165 cm³/mol. The van der Waals surface area contributed by atoms with E-state index in [9.17, 15) is 0 Å². The van der Waals surface area contributed by atoms with Crippen LogP contribution in [0.25, 0.3) is 21.5 Å². The van der Waals surface area contributed by atoms with Gasteiger partial charge in [-0.25, -0.2) is 0 Å². The summed E-state index contributed by atoms with van der Waals surface area (Å²) < 4.78 is 0. The van der Waals surface area contributed by atoms with Crippen LogP contribution in [-0.4, -0.2) is 0 Å². The molecule has 0 radical (unpaired) electrons. The molecule has 0 nitrogen and oxygen atoms in total. The molecule has 0 aromatic heterocycles. The summed E-state index contributed by atoms with van der Waals surface area (Å²) >= 11 is 0. The summed E-state index contributed by atoms with van der Waals surface area (Å²) in [6, 6.07) is 14.7. The number of benzene rings is 2. The molecule has 0 spiro atoms. The molecule has 198 valence electrons. The molecule has 0 heterocycles. The molecule has 0 amide bonds. The van der Waals surface area contributed by atoms with E-state index < -0.39 is 0 Å². The van der Waals surface area contributed by atoms with Crippen LogP contribution < -0.4 is 0 Å². The average Bonchev–Trinajstić information content (AvgIpc) is 3.25. The van der Waals surface area contributed by atoms with Gasteiger partial charge in [-0.15, -0.1) is 56.9 Å².